The van der Waals surface area contributed by atoms with Gasteiger partial charge in [-0.15, -0.1) is 0 Å². The topological polar surface area (TPSA) is 97.5 Å². The Morgan fingerprint density at radius 1 is 1.05 bits per heavy atom. The molecule has 200 valence electrons. The minimum atomic E-state index is -0.724. The molecule has 1 aliphatic rings. The Bertz CT molecular complexity index is 1290. The number of benzene rings is 2. The summed E-state index contributed by atoms with van der Waals surface area (Å²) >= 11 is 6.15. The van der Waals surface area contributed by atoms with Crippen molar-refractivity contribution in [3.63, 3.8) is 0 Å². The lowest BCUT2D eigenvalue weighted by Gasteiger charge is -2.28. The number of halogens is 2. The SMILES string of the molecule is Cc1onc(-c2c(F)cccc2Cl)c1C(=O)CCCC(=O)Cc1ccc(C2CCC(CC(=O)O)CC2)cc1. The van der Waals surface area contributed by atoms with E-state index in [1.54, 1.807) is 6.92 Å². The lowest BCUT2D eigenvalue weighted by molar-refractivity contribution is -0.138. The van der Waals surface area contributed by atoms with Crippen molar-refractivity contribution in [3.8, 4) is 11.3 Å². The van der Waals surface area contributed by atoms with Gasteiger partial charge in [-0.05, 0) is 74.1 Å². The van der Waals surface area contributed by atoms with Gasteiger partial charge in [-0.1, -0.05) is 47.1 Å². The number of aliphatic carboxylic acids is 1. The molecule has 0 unspecified atom stereocenters. The number of ketones is 2. The van der Waals surface area contributed by atoms with Crippen molar-refractivity contribution in [2.45, 2.75) is 70.6 Å². The minimum Gasteiger partial charge on any atom is -0.481 e. The van der Waals surface area contributed by atoms with Crippen molar-refractivity contribution in [2.75, 3.05) is 0 Å². The van der Waals surface area contributed by atoms with Crippen molar-refractivity contribution in [1.82, 2.24) is 5.16 Å². The van der Waals surface area contributed by atoms with E-state index in [9.17, 15) is 18.8 Å². The zero-order valence-electron chi connectivity index (χ0n) is 21.3. The van der Waals surface area contributed by atoms with E-state index in [0.29, 0.717) is 18.8 Å². The fourth-order valence-electron chi connectivity index (χ4n) is 5.34. The molecule has 38 heavy (non-hydrogen) atoms. The fourth-order valence-corrected chi connectivity index (χ4v) is 5.59. The van der Waals surface area contributed by atoms with Crippen LogP contribution in [-0.4, -0.2) is 27.8 Å². The van der Waals surface area contributed by atoms with E-state index >= 15 is 0 Å². The highest BCUT2D eigenvalue weighted by atomic mass is 35.5. The molecule has 6 nitrogen and oxygen atoms in total. The second kappa shape index (κ2) is 12.5. The monoisotopic (exact) mass is 539 g/mol. The molecule has 0 radical (unpaired) electrons. The van der Waals surface area contributed by atoms with Crippen LogP contribution in [0.1, 0.15) is 84.5 Å². The zero-order valence-corrected chi connectivity index (χ0v) is 22.1. The molecular formula is C30H31ClFNO5. The molecule has 1 fully saturated rings. The number of carboxylic acid groups (broad SMARTS) is 1. The predicted molar refractivity (Wildman–Crippen MR) is 142 cm³/mol. The number of carbonyl (C=O) groups excluding carboxylic acids is 2. The second-order valence-electron chi connectivity index (χ2n) is 10.1. The van der Waals surface area contributed by atoms with E-state index in [2.05, 4.69) is 17.3 Å². The largest absolute Gasteiger partial charge is 0.481 e. The summed E-state index contributed by atoms with van der Waals surface area (Å²) in [6, 6.07) is 12.3. The van der Waals surface area contributed by atoms with E-state index in [1.807, 2.05) is 12.1 Å². The molecule has 1 aromatic heterocycles. The van der Waals surface area contributed by atoms with Crippen LogP contribution in [0.2, 0.25) is 5.02 Å². The van der Waals surface area contributed by atoms with E-state index in [-0.39, 0.29) is 64.4 Å². The van der Waals surface area contributed by atoms with Gasteiger partial charge in [0, 0.05) is 25.7 Å². The van der Waals surface area contributed by atoms with Gasteiger partial charge in [0.25, 0.3) is 0 Å². The number of aryl methyl sites for hydroxylation is 1. The van der Waals surface area contributed by atoms with E-state index in [4.69, 9.17) is 21.2 Å². The van der Waals surface area contributed by atoms with Gasteiger partial charge in [0.05, 0.1) is 16.1 Å². The van der Waals surface area contributed by atoms with Gasteiger partial charge in [0.2, 0.25) is 0 Å². The first-order valence-corrected chi connectivity index (χ1v) is 13.4. The average Bonchev–Trinajstić information content (AvgIpc) is 3.25. The Morgan fingerprint density at radius 2 is 1.76 bits per heavy atom. The molecule has 1 N–H and O–H groups in total. The number of carboxylic acids is 1. The van der Waals surface area contributed by atoms with E-state index < -0.39 is 11.8 Å². The summed E-state index contributed by atoms with van der Waals surface area (Å²) < 4.78 is 19.6. The molecule has 1 aliphatic carbocycles. The number of rotatable bonds is 11. The maximum atomic E-state index is 14.4. The van der Waals surface area contributed by atoms with Crippen LogP contribution in [0.4, 0.5) is 4.39 Å². The molecule has 0 atom stereocenters. The van der Waals surface area contributed by atoms with Crippen LogP contribution in [0.5, 0.6) is 0 Å². The van der Waals surface area contributed by atoms with Gasteiger partial charge < -0.3 is 9.63 Å². The number of hydrogen-bond donors (Lipinski definition) is 1. The molecule has 3 aromatic rings. The third kappa shape index (κ3) is 6.76. The van der Waals surface area contributed by atoms with Crippen molar-refractivity contribution in [1.29, 1.82) is 0 Å². The minimum absolute atomic E-state index is 0.0298. The lowest BCUT2D eigenvalue weighted by Crippen LogP contribution is -2.16. The van der Waals surface area contributed by atoms with Crippen molar-refractivity contribution in [3.05, 3.63) is 75.8 Å². The number of carbonyl (C=O) groups is 3. The molecule has 0 aliphatic heterocycles. The first kappa shape index (κ1) is 27.7. The molecular weight excluding hydrogens is 509 g/mol. The quantitative estimate of drug-likeness (QED) is 0.256. The predicted octanol–water partition coefficient (Wildman–Crippen LogP) is 7.36. The second-order valence-corrected chi connectivity index (χ2v) is 10.5. The molecule has 2 aromatic carbocycles. The molecule has 1 saturated carbocycles. The zero-order chi connectivity index (χ0) is 27.2. The van der Waals surface area contributed by atoms with Gasteiger partial charge in [0.15, 0.2) is 5.78 Å². The summed E-state index contributed by atoms with van der Waals surface area (Å²) in [5.41, 5.74) is 2.46. The highest BCUT2D eigenvalue weighted by molar-refractivity contribution is 6.33. The average molecular weight is 540 g/mol. The van der Waals surface area contributed by atoms with Gasteiger partial charge in [-0.3, -0.25) is 14.4 Å². The van der Waals surface area contributed by atoms with E-state index in [0.717, 1.165) is 31.2 Å². The van der Waals surface area contributed by atoms with Gasteiger partial charge in [-0.25, -0.2) is 4.39 Å². The maximum absolute atomic E-state index is 14.4. The molecule has 1 heterocycles. The molecule has 0 spiro atoms. The van der Waals surface area contributed by atoms with Gasteiger partial charge >= 0.3 is 5.97 Å². The Kier molecular flexibility index (Phi) is 9.10. The molecule has 8 heteroatoms. The van der Waals surface area contributed by atoms with Crippen molar-refractivity contribution in [2.24, 2.45) is 5.92 Å². The fraction of sp³-hybridized carbons (Fsp3) is 0.400. The van der Waals surface area contributed by atoms with E-state index in [1.165, 1.54) is 23.8 Å². The molecule has 0 bridgehead atoms. The number of aromatic nitrogens is 1. The standard InChI is InChI=1S/C30H31ClFNO5/c1-18-28(30(33-38-18)29-24(31)5-3-6-25(29)32)26(35)7-2-4-23(34)16-19-8-12-21(13-9-19)22-14-10-20(11-15-22)17-27(36)37/h3,5-6,8-9,12-13,20,22H,2,4,7,10-11,14-17H2,1H3,(H,36,37). The molecule has 0 amide bonds. The maximum Gasteiger partial charge on any atom is 0.303 e. The molecule has 0 saturated heterocycles. The van der Waals surface area contributed by atoms with Crippen LogP contribution >= 0.6 is 11.6 Å². The Hall–Kier alpha value is -3.32. The number of hydrogen-bond acceptors (Lipinski definition) is 5. The summed E-state index contributed by atoms with van der Waals surface area (Å²) in [6.45, 7) is 1.59. The molecule has 4 rings (SSSR count). The van der Waals surface area contributed by atoms with Crippen LogP contribution in [0.15, 0.2) is 47.0 Å². The summed E-state index contributed by atoms with van der Waals surface area (Å²) in [4.78, 5) is 36.4. The lowest BCUT2D eigenvalue weighted by atomic mass is 9.77. The van der Waals surface area contributed by atoms with Crippen LogP contribution in [0.25, 0.3) is 11.3 Å². The first-order valence-electron chi connectivity index (χ1n) is 13.0. The Labute approximate surface area is 226 Å². The van der Waals surface area contributed by atoms with Crippen LogP contribution < -0.4 is 0 Å². The Morgan fingerprint density at radius 3 is 2.42 bits per heavy atom. The summed E-state index contributed by atoms with van der Waals surface area (Å²) in [5, 5.41) is 13.0. The number of nitrogens with zero attached hydrogens (tertiary/aromatic N) is 1. The third-order valence-electron chi connectivity index (χ3n) is 7.36. The van der Waals surface area contributed by atoms with Crippen molar-refractivity contribution < 1.29 is 28.4 Å². The van der Waals surface area contributed by atoms with Crippen LogP contribution in [0.3, 0.4) is 0 Å². The normalized spacial score (nSPS) is 17.3. The van der Waals surface area contributed by atoms with Gasteiger partial charge in [-0.2, -0.15) is 0 Å². The highest BCUT2D eigenvalue weighted by Crippen LogP contribution is 2.37. The number of Topliss-reactive ketones (excluding diaryl/α,β-unsaturated/α-hetero) is 2. The summed E-state index contributed by atoms with van der Waals surface area (Å²) in [7, 11) is 0. The smallest absolute Gasteiger partial charge is 0.303 e. The first-order chi connectivity index (χ1) is 18.2. The summed E-state index contributed by atoms with van der Waals surface area (Å²) in [6.07, 6.45) is 5.10. The summed E-state index contributed by atoms with van der Waals surface area (Å²) in [5.74, 6) is -0.561. The van der Waals surface area contributed by atoms with Crippen LogP contribution in [-0.2, 0) is 16.0 Å². The highest BCUT2D eigenvalue weighted by Gasteiger charge is 2.26. The van der Waals surface area contributed by atoms with Crippen LogP contribution in [0, 0.1) is 18.7 Å². The van der Waals surface area contributed by atoms with Crippen molar-refractivity contribution >= 4 is 29.1 Å². The third-order valence-corrected chi connectivity index (χ3v) is 7.68. The Balaban J connectivity index is 1.27. The van der Waals surface area contributed by atoms with Gasteiger partial charge in [0.1, 0.15) is 23.1 Å².